The second-order valence-electron chi connectivity index (χ2n) is 3.72. The number of nitrogens with zero attached hydrogens (tertiary/aromatic N) is 5. The van der Waals surface area contributed by atoms with E-state index in [0.29, 0.717) is 18.8 Å². The van der Waals surface area contributed by atoms with Crippen LogP contribution in [0.3, 0.4) is 0 Å². The average molecular weight is 251 g/mol. The zero-order valence-corrected chi connectivity index (χ0v) is 10.5. The molecule has 0 saturated heterocycles. The lowest BCUT2D eigenvalue weighted by Crippen LogP contribution is -2.28. The summed E-state index contributed by atoms with van der Waals surface area (Å²) < 4.78 is 1.56. The van der Waals surface area contributed by atoms with Gasteiger partial charge in [0.15, 0.2) is 5.82 Å². The summed E-state index contributed by atoms with van der Waals surface area (Å²) in [7, 11) is 3.51. The number of aryl methyl sites for hydroxylation is 1. The fourth-order valence-electron chi connectivity index (χ4n) is 1.38. The lowest BCUT2D eigenvalue weighted by Gasteiger charge is -2.15. The van der Waals surface area contributed by atoms with Crippen molar-refractivity contribution in [2.45, 2.75) is 13.0 Å². The third kappa shape index (κ3) is 2.88. The van der Waals surface area contributed by atoms with E-state index in [1.807, 2.05) is 17.5 Å². The first-order valence-corrected chi connectivity index (χ1v) is 6.02. The standard InChI is InChI=1S/C10H13N5OS/c1-14(7-9-11-12-13-15(9)2)10(16)6-8-4-3-5-17-8/h3-5H,6-7H2,1-2H3. The van der Waals surface area contributed by atoms with Gasteiger partial charge in [0.25, 0.3) is 0 Å². The van der Waals surface area contributed by atoms with Crippen LogP contribution in [0.2, 0.25) is 0 Å². The first kappa shape index (κ1) is 11.7. The maximum Gasteiger partial charge on any atom is 0.227 e. The summed E-state index contributed by atoms with van der Waals surface area (Å²) in [5, 5.41) is 13.1. The molecule has 0 atom stereocenters. The highest BCUT2D eigenvalue weighted by Gasteiger charge is 2.13. The Hall–Kier alpha value is -1.76. The number of amides is 1. The Morgan fingerprint density at radius 1 is 1.59 bits per heavy atom. The molecule has 1 amide bonds. The van der Waals surface area contributed by atoms with Crippen LogP contribution in [0.25, 0.3) is 0 Å². The van der Waals surface area contributed by atoms with Gasteiger partial charge in [-0.05, 0) is 21.9 Å². The molecule has 0 aliphatic carbocycles. The maximum absolute atomic E-state index is 11.9. The van der Waals surface area contributed by atoms with E-state index in [9.17, 15) is 4.79 Å². The lowest BCUT2D eigenvalue weighted by atomic mass is 10.3. The summed E-state index contributed by atoms with van der Waals surface area (Å²) in [6.45, 7) is 0.424. The fourth-order valence-corrected chi connectivity index (χ4v) is 2.08. The van der Waals surface area contributed by atoms with Gasteiger partial charge in [0, 0.05) is 19.0 Å². The highest BCUT2D eigenvalue weighted by atomic mass is 32.1. The highest BCUT2D eigenvalue weighted by molar-refractivity contribution is 7.10. The number of tetrazole rings is 1. The molecule has 0 aliphatic rings. The van der Waals surface area contributed by atoms with Crippen LogP contribution in [0.15, 0.2) is 17.5 Å². The molecule has 0 fully saturated rings. The van der Waals surface area contributed by atoms with Crippen LogP contribution in [-0.2, 0) is 24.8 Å². The molecule has 0 spiro atoms. The molecule has 0 radical (unpaired) electrons. The van der Waals surface area contributed by atoms with Crippen molar-refractivity contribution >= 4 is 17.2 Å². The second kappa shape index (κ2) is 5.05. The first-order valence-electron chi connectivity index (χ1n) is 5.14. The fraction of sp³-hybridized carbons (Fsp3) is 0.400. The van der Waals surface area contributed by atoms with Crippen molar-refractivity contribution in [3.05, 3.63) is 28.2 Å². The molecule has 2 rings (SSSR count). The quantitative estimate of drug-likeness (QED) is 0.792. The van der Waals surface area contributed by atoms with Gasteiger partial charge in [0.1, 0.15) is 0 Å². The van der Waals surface area contributed by atoms with Gasteiger partial charge in [0.05, 0.1) is 13.0 Å². The van der Waals surface area contributed by atoms with E-state index in [1.165, 1.54) is 0 Å². The molecule has 0 bridgehead atoms. The predicted octanol–water partition coefficient (Wildman–Crippen LogP) is 0.473. The van der Waals surface area contributed by atoms with Crippen molar-refractivity contribution in [2.75, 3.05) is 7.05 Å². The molecule has 0 unspecified atom stereocenters. The van der Waals surface area contributed by atoms with E-state index < -0.39 is 0 Å². The molecule has 0 saturated carbocycles. The zero-order valence-electron chi connectivity index (χ0n) is 9.70. The lowest BCUT2D eigenvalue weighted by molar-refractivity contribution is -0.129. The Labute approximate surface area is 103 Å². The SMILES string of the molecule is CN(Cc1nnnn1C)C(=O)Cc1cccs1. The van der Waals surface area contributed by atoms with Crippen LogP contribution in [-0.4, -0.2) is 38.1 Å². The van der Waals surface area contributed by atoms with Crippen molar-refractivity contribution < 1.29 is 4.79 Å². The van der Waals surface area contributed by atoms with Crippen molar-refractivity contribution in [3.63, 3.8) is 0 Å². The molecule has 0 aromatic carbocycles. The smallest absolute Gasteiger partial charge is 0.227 e. The minimum absolute atomic E-state index is 0.0652. The number of hydrogen-bond donors (Lipinski definition) is 0. The van der Waals surface area contributed by atoms with Crippen LogP contribution in [0, 0.1) is 0 Å². The van der Waals surface area contributed by atoms with Crippen molar-refractivity contribution in [1.29, 1.82) is 0 Å². The van der Waals surface area contributed by atoms with E-state index in [4.69, 9.17) is 0 Å². The molecule has 17 heavy (non-hydrogen) atoms. The number of thiophene rings is 1. The van der Waals surface area contributed by atoms with E-state index in [2.05, 4.69) is 15.5 Å². The van der Waals surface area contributed by atoms with Crippen LogP contribution in [0.5, 0.6) is 0 Å². The number of rotatable bonds is 4. The second-order valence-corrected chi connectivity index (χ2v) is 4.76. The minimum atomic E-state index is 0.0652. The van der Waals surface area contributed by atoms with Gasteiger partial charge < -0.3 is 4.90 Å². The summed E-state index contributed by atoms with van der Waals surface area (Å²) in [6.07, 6.45) is 0.430. The number of likely N-dealkylation sites (N-methyl/N-ethyl adjacent to an activating group) is 1. The van der Waals surface area contributed by atoms with Gasteiger partial charge in [-0.15, -0.1) is 16.4 Å². The van der Waals surface area contributed by atoms with E-state index in [0.717, 1.165) is 4.88 Å². The summed E-state index contributed by atoms with van der Waals surface area (Å²) in [4.78, 5) is 14.6. The summed E-state index contributed by atoms with van der Waals surface area (Å²) >= 11 is 1.59. The van der Waals surface area contributed by atoms with Gasteiger partial charge in [-0.3, -0.25) is 4.79 Å². The summed E-state index contributed by atoms with van der Waals surface area (Å²) in [5.41, 5.74) is 0. The largest absolute Gasteiger partial charge is 0.338 e. The Bertz CT molecular complexity index is 493. The molecule has 0 N–H and O–H groups in total. The van der Waals surface area contributed by atoms with Crippen molar-refractivity contribution in [3.8, 4) is 0 Å². The molecule has 2 aromatic heterocycles. The number of hydrogen-bond acceptors (Lipinski definition) is 5. The molecule has 2 aromatic rings. The average Bonchev–Trinajstić information content (AvgIpc) is 2.91. The van der Waals surface area contributed by atoms with Gasteiger partial charge in [-0.2, -0.15) is 0 Å². The summed E-state index contributed by atoms with van der Waals surface area (Å²) in [5.74, 6) is 0.738. The van der Waals surface area contributed by atoms with E-state index in [1.54, 1.807) is 35.0 Å². The maximum atomic E-state index is 11.9. The Kier molecular flexibility index (Phi) is 3.48. The number of aromatic nitrogens is 4. The summed E-state index contributed by atoms with van der Waals surface area (Å²) in [6, 6.07) is 3.90. The third-order valence-electron chi connectivity index (χ3n) is 2.42. The monoisotopic (exact) mass is 251 g/mol. The van der Waals surface area contributed by atoms with Crippen LogP contribution in [0.1, 0.15) is 10.7 Å². The van der Waals surface area contributed by atoms with E-state index >= 15 is 0 Å². The Morgan fingerprint density at radius 3 is 3.00 bits per heavy atom. The third-order valence-corrected chi connectivity index (χ3v) is 3.29. The molecule has 7 heteroatoms. The highest BCUT2D eigenvalue weighted by Crippen LogP contribution is 2.10. The van der Waals surface area contributed by atoms with Gasteiger partial charge in [0.2, 0.25) is 5.91 Å². The van der Waals surface area contributed by atoms with Crippen molar-refractivity contribution in [2.24, 2.45) is 7.05 Å². The Balaban J connectivity index is 1.94. The van der Waals surface area contributed by atoms with Gasteiger partial charge in [-0.25, -0.2) is 4.68 Å². The topological polar surface area (TPSA) is 63.9 Å². The molecule has 2 heterocycles. The van der Waals surface area contributed by atoms with Gasteiger partial charge >= 0.3 is 0 Å². The Morgan fingerprint density at radius 2 is 2.41 bits per heavy atom. The number of carbonyl (C=O) groups excluding carboxylic acids is 1. The molecular weight excluding hydrogens is 238 g/mol. The minimum Gasteiger partial charge on any atom is -0.338 e. The molecule has 90 valence electrons. The van der Waals surface area contributed by atoms with Crippen LogP contribution < -0.4 is 0 Å². The molecular formula is C10H13N5OS. The first-order chi connectivity index (χ1) is 8.16. The van der Waals surface area contributed by atoms with E-state index in [-0.39, 0.29) is 5.91 Å². The number of carbonyl (C=O) groups is 1. The van der Waals surface area contributed by atoms with Crippen molar-refractivity contribution in [1.82, 2.24) is 25.1 Å². The zero-order chi connectivity index (χ0) is 12.3. The van der Waals surface area contributed by atoms with Crippen LogP contribution in [0.4, 0.5) is 0 Å². The van der Waals surface area contributed by atoms with Gasteiger partial charge in [-0.1, -0.05) is 6.07 Å². The molecule has 6 nitrogen and oxygen atoms in total. The molecule has 0 aliphatic heterocycles. The normalized spacial score (nSPS) is 10.5. The predicted molar refractivity (Wildman–Crippen MR) is 63.3 cm³/mol. The van der Waals surface area contributed by atoms with Crippen LogP contribution >= 0.6 is 11.3 Å².